The molecule has 2 rings (SSSR count). The summed E-state index contributed by atoms with van der Waals surface area (Å²) in [6, 6.07) is 0.0314. The molecule has 2 unspecified atom stereocenters. The van der Waals surface area contributed by atoms with Gasteiger partial charge in [-0.2, -0.15) is 0 Å². The Labute approximate surface area is 118 Å². The van der Waals surface area contributed by atoms with Crippen LogP contribution in [0.4, 0.5) is 0 Å². The molecule has 0 aromatic carbocycles. The standard InChI is InChI=1S/C14H22N2O4/c1-14(2)9(10(14)13(19)20)12(18)16-8-5-3-7(4-6-8)11(15)17/h7-10H,3-6H2,1-2H3,(H2,15,17)(H,16,18)(H,19,20). The molecule has 0 saturated heterocycles. The maximum Gasteiger partial charge on any atom is 0.307 e. The monoisotopic (exact) mass is 282 g/mol. The van der Waals surface area contributed by atoms with E-state index in [1.807, 2.05) is 0 Å². The lowest BCUT2D eigenvalue weighted by molar-refractivity contribution is -0.140. The van der Waals surface area contributed by atoms with Crippen LogP contribution in [0.1, 0.15) is 39.5 Å². The van der Waals surface area contributed by atoms with Gasteiger partial charge in [0.2, 0.25) is 11.8 Å². The van der Waals surface area contributed by atoms with Gasteiger partial charge in [0.05, 0.1) is 11.8 Å². The molecular weight excluding hydrogens is 260 g/mol. The van der Waals surface area contributed by atoms with Crippen LogP contribution >= 0.6 is 0 Å². The number of nitrogens with two attached hydrogens (primary N) is 1. The van der Waals surface area contributed by atoms with Crippen LogP contribution in [-0.4, -0.2) is 28.9 Å². The van der Waals surface area contributed by atoms with E-state index >= 15 is 0 Å². The summed E-state index contributed by atoms with van der Waals surface area (Å²) in [5, 5.41) is 12.0. The molecule has 6 nitrogen and oxygen atoms in total. The predicted molar refractivity (Wildman–Crippen MR) is 71.5 cm³/mol. The molecule has 20 heavy (non-hydrogen) atoms. The lowest BCUT2D eigenvalue weighted by atomic mass is 9.85. The van der Waals surface area contributed by atoms with Crippen LogP contribution in [-0.2, 0) is 14.4 Å². The third kappa shape index (κ3) is 2.64. The molecular formula is C14H22N2O4. The first-order valence-corrected chi connectivity index (χ1v) is 7.07. The molecule has 0 bridgehead atoms. The summed E-state index contributed by atoms with van der Waals surface area (Å²) in [5.74, 6) is -2.49. The van der Waals surface area contributed by atoms with Gasteiger partial charge in [-0.3, -0.25) is 14.4 Å². The molecule has 0 aromatic rings. The average molecular weight is 282 g/mol. The second-order valence-corrected chi connectivity index (χ2v) is 6.57. The SMILES string of the molecule is CC1(C)C(C(=O)O)C1C(=O)NC1CCC(C(N)=O)CC1. The van der Waals surface area contributed by atoms with Gasteiger partial charge < -0.3 is 16.2 Å². The number of amides is 2. The normalized spacial score (nSPS) is 35.1. The fourth-order valence-corrected chi connectivity index (χ4v) is 3.40. The number of carboxylic acids is 1. The summed E-state index contributed by atoms with van der Waals surface area (Å²) in [4.78, 5) is 34.3. The number of carboxylic acid groups (broad SMARTS) is 1. The van der Waals surface area contributed by atoms with Crippen LogP contribution in [0.15, 0.2) is 0 Å². The minimum Gasteiger partial charge on any atom is -0.481 e. The van der Waals surface area contributed by atoms with Crippen molar-refractivity contribution in [3.63, 3.8) is 0 Å². The van der Waals surface area contributed by atoms with Crippen molar-refractivity contribution in [1.29, 1.82) is 0 Å². The van der Waals surface area contributed by atoms with Crippen molar-refractivity contribution in [3.05, 3.63) is 0 Å². The van der Waals surface area contributed by atoms with Crippen LogP contribution in [0.3, 0.4) is 0 Å². The van der Waals surface area contributed by atoms with Crippen molar-refractivity contribution in [2.45, 2.75) is 45.6 Å². The number of hydrogen-bond donors (Lipinski definition) is 3. The predicted octanol–water partition coefficient (Wildman–Crippen LogP) is 0.504. The van der Waals surface area contributed by atoms with E-state index in [1.165, 1.54) is 0 Å². The summed E-state index contributed by atoms with van der Waals surface area (Å²) in [5.41, 5.74) is 4.80. The molecule has 0 spiro atoms. The Bertz CT molecular complexity index is 438. The van der Waals surface area contributed by atoms with Crippen molar-refractivity contribution in [2.24, 2.45) is 28.9 Å². The van der Waals surface area contributed by atoms with Gasteiger partial charge >= 0.3 is 5.97 Å². The Hall–Kier alpha value is -1.59. The summed E-state index contributed by atoms with van der Waals surface area (Å²) >= 11 is 0. The molecule has 0 aromatic heterocycles. The number of aliphatic carboxylic acids is 1. The van der Waals surface area contributed by atoms with Crippen LogP contribution in [0.2, 0.25) is 0 Å². The third-order valence-corrected chi connectivity index (χ3v) is 4.85. The Morgan fingerprint density at radius 1 is 1.10 bits per heavy atom. The minimum absolute atomic E-state index is 0.0314. The first kappa shape index (κ1) is 14.8. The molecule has 0 radical (unpaired) electrons. The molecule has 2 aliphatic carbocycles. The highest BCUT2D eigenvalue weighted by Crippen LogP contribution is 2.58. The Morgan fingerprint density at radius 2 is 1.65 bits per heavy atom. The lowest BCUT2D eigenvalue weighted by Crippen LogP contribution is -2.41. The first-order valence-electron chi connectivity index (χ1n) is 7.07. The van der Waals surface area contributed by atoms with Crippen molar-refractivity contribution >= 4 is 17.8 Å². The third-order valence-electron chi connectivity index (χ3n) is 4.85. The van der Waals surface area contributed by atoms with E-state index in [0.717, 1.165) is 12.8 Å². The number of hydrogen-bond acceptors (Lipinski definition) is 3. The zero-order valence-corrected chi connectivity index (χ0v) is 11.9. The van der Waals surface area contributed by atoms with Gasteiger partial charge in [0.15, 0.2) is 0 Å². The molecule has 2 amide bonds. The molecule has 0 heterocycles. The molecule has 4 N–H and O–H groups in total. The van der Waals surface area contributed by atoms with Crippen LogP contribution in [0.5, 0.6) is 0 Å². The Morgan fingerprint density at radius 3 is 2.05 bits per heavy atom. The lowest BCUT2D eigenvalue weighted by Gasteiger charge is -2.27. The first-order chi connectivity index (χ1) is 9.25. The van der Waals surface area contributed by atoms with E-state index in [-0.39, 0.29) is 23.8 Å². The molecule has 2 fully saturated rings. The topological polar surface area (TPSA) is 109 Å². The number of rotatable bonds is 4. The quantitative estimate of drug-likeness (QED) is 0.697. The summed E-state index contributed by atoms with van der Waals surface area (Å²) in [6.07, 6.45) is 2.84. The van der Waals surface area contributed by atoms with Crippen molar-refractivity contribution in [1.82, 2.24) is 5.32 Å². The smallest absolute Gasteiger partial charge is 0.307 e. The summed E-state index contributed by atoms with van der Waals surface area (Å²) in [7, 11) is 0. The van der Waals surface area contributed by atoms with Gasteiger partial charge in [0, 0.05) is 12.0 Å². The van der Waals surface area contributed by atoms with E-state index < -0.39 is 23.2 Å². The van der Waals surface area contributed by atoms with Gasteiger partial charge in [-0.25, -0.2) is 0 Å². The molecule has 112 valence electrons. The fraction of sp³-hybridized carbons (Fsp3) is 0.786. The summed E-state index contributed by atoms with van der Waals surface area (Å²) < 4.78 is 0. The largest absolute Gasteiger partial charge is 0.481 e. The number of nitrogens with one attached hydrogen (secondary N) is 1. The van der Waals surface area contributed by atoms with E-state index in [9.17, 15) is 14.4 Å². The zero-order chi connectivity index (χ0) is 15.1. The second kappa shape index (κ2) is 5.07. The van der Waals surface area contributed by atoms with Crippen LogP contribution in [0.25, 0.3) is 0 Å². The Kier molecular flexibility index (Phi) is 3.75. The molecule has 2 aliphatic rings. The van der Waals surface area contributed by atoms with E-state index in [4.69, 9.17) is 10.8 Å². The maximum atomic E-state index is 12.2. The summed E-state index contributed by atoms with van der Waals surface area (Å²) in [6.45, 7) is 3.61. The van der Waals surface area contributed by atoms with E-state index in [0.29, 0.717) is 12.8 Å². The number of primary amides is 1. The molecule has 0 aliphatic heterocycles. The molecule has 6 heteroatoms. The van der Waals surface area contributed by atoms with Gasteiger partial charge in [0.25, 0.3) is 0 Å². The minimum atomic E-state index is -0.910. The maximum absolute atomic E-state index is 12.2. The Balaban J connectivity index is 1.85. The van der Waals surface area contributed by atoms with Gasteiger partial charge in [-0.05, 0) is 31.1 Å². The van der Waals surface area contributed by atoms with Crippen LogP contribution in [0, 0.1) is 23.2 Å². The number of carbonyl (C=O) groups is 3. The second-order valence-electron chi connectivity index (χ2n) is 6.57. The van der Waals surface area contributed by atoms with E-state index in [2.05, 4.69) is 5.32 Å². The van der Waals surface area contributed by atoms with Crippen molar-refractivity contribution in [3.8, 4) is 0 Å². The van der Waals surface area contributed by atoms with Gasteiger partial charge in [-0.15, -0.1) is 0 Å². The number of carbonyl (C=O) groups excluding carboxylic acids is 2. The fourth-order valence-electron chi connectivity index (χ4n) is 3.40. The molecule has 2 atom stereocenters. The van der Waals surface area contributed by atoms with Crippen molar-refractivity contribution < 1.29 is 19.5 Å². The van der Waals surface area contributed by atoms with Crippen LogP contribution < -0.4 is 11.1 Å². The van der Waals surface area contributed by atoms with Gasteiger partial charge in [-0.1, -0.05) is 13.8 Å². The van der Waals surface area contributed by atoms with E-state index in [1.54, 1.807) is 13.8 Å². The molecule has 2 saturated carbocycles. The average Bonchev–Trinajstić information content (AvgIpc) is 2.93. The highest BCUT2D eigenvalue weighted by atomic mass is 16.4. The zero-order valence-electron chi connectivity index (χ0n) is 11.9. The highest BCUT2D eigenvalue weighted by molar-refractivity contribution is 5.91. The van der Waals surface area contributed by atoms with Crippen molar-refractivity contribution in [2.75, 3.05) is 0 Å². The van der Waals surface area contributed by atoms with Gasteiger partial charge in [0.1, 0.15) is 0 Å². The highest BCUT2D eigenvalue weighted by Gasteiger charge is 2.66.